The van der Waals surface area contributed by atoms with E-state index in [2.05, 4.69) is 20.6 Å². The molecule has 0 saturated carbocycles. The van der Waals surface area contributed by atoms with Crippen LogP contribution < -0.4 is 20.1 Å². The van der Waals surface area contributed by atoms with Gasteiger partial charge in [0, 0.05) is 154 Å². The maximum absolute atomic E-state index is 15.3. The minimum absolute atomic E-state index is 0.0143. The molecule has 0 aliphatic carbocycles. The molecule has 4 fully saturated rings. The molecule has 656 valence electrons. The number of nitriles is 2. The van der Waals surface area contributed by atoms with Gasteiger partial charge in [-0.15, -0.1) is 0 Å². The highest BCUT2D eigenvalue weighted by Crippen LogP contribution is 2.34. The van der Waals surface area contributed by atoms with Crippen molar-refractivity contribution in [1.29, 1.82) is 10.5 Å². The Morgan fingerprint density at radius 3 is 1.11 bits per heavy atom. The van der Waals surface area contributed by atoms with Crippen LogP contribution in [0, 0.1) is 22.7 Å². The Morgan fingerprint density at radius 1 is 0.467 bits per heavy atom. The maximum atomic E-state index is 15.3. The summed E-state index contributed by atoms with van der Waals surface area (Å²) in [6, 6.07) is 13.0. The molecule has 7 amide bonds. The number of alkyl halides is 7. The smallest absolute Gasteiger partial charge is 0.490 e. The van der Waals surface area contributed by atoms with Gasteiger partial charge >= 0.3 is 36.0 Å². The normalized spacial score (nSPS) is 18.5. The fourth-order valence-electron chi connectivity index (χ4n) is 13.4. The number of benzene rings is 2. The number of fused-ring (bicyclic) bond motifs is 2. The molecule has 6 heterocycles. The van der Waals surface area contributed by atoms with Crippen LogP contribution in [-0.4, -0.2) is 364 Å². The summed E-state index contributed by atoms with van der Waals surface area (Å²) in [5.41, 5.74) is -0.782. The average Bonchev–Trinajstić information content (AvgIpc) is 1.79. The Balaban J connectivity index is 0.00000271. The van der Waals surface area contributed by atoms with Gasteiger partial charge in [0.05, 0.1) is 106 Å². The Labute approximate surface area is 687 Å². The zero-order valence-electron chi connectivity index (χ0n) is 67.5. The molecule has 5 N–H and O–H groups in total. The zero-order chi connectivity index (χ0) is 88.5. The molecule has 35 nitrogen and oxygen atoms in total. The number of hydrogen-bond donors (Lipinski definition) is 5. The van der Waals surface area contributed by atoms with E-state index in [1.54, 1.807) is 124 Å². The predicted molar refractivity (Wildman–Crippen MR) is 412 cm³/mol. The SMILES string of the molecule is CC(C)(C)OC(=O)CN1CCN(CC(=O)O)CCN(CC(=O)O)CCN(CC(=O)N2CCN(C(=O)CCCOc3ccc4nccc(C(=O)NCC(=O)N5CC(F)(F)C[C@H]5C#N)c4c3)CCN(CC(=O)OC(C)(C)C)CCN(C(=O)CCCOc3ccc4nccc(C(=O)NCC(=O)N5CC(F)(F)C[C@H]5C#N)c4c3)CC2)CC1.O=C(O)C(F)(F)F. The summed E-state index contributed by atoms with van der Waals surface area (Å²) in [6.07, 6.45) is -3.81. The minimum atomic E-state index is -5.08. The standard InChI is InChI=1S/C76H100F4N16O17.C2HF3O2/c1-73(2,3)112-69(106)48-90-25-20-87(19-21-88(46-67(102)103)22-23-89(24-26-90)47-68(104)105)45-66(101)94-33-31-92(62(97)9-7-35-110-54-11-13-60-58(37-54)56(15-17-83-60)71(108)85-43-64(99)95-50-75(77,78)39-52(95)41-81)29-27-91(49-70(107)113-74(4,5)6)28-30-93(32-34-94)63(98)10-8-36-111-55-12-14-61-59(38-55)57(16-18-84-61)72(109)86-44-65(100)96-51-76(79,80)40-53(96)42-82;3-2(4,5)1(6)7/h11-18,37-38,52-53H,7-10,19-36,39-40,43-51H2,1-6H3,(H,85,108)(H,86,109)(H,102,103)(H,104,105);(H,6,7)/t52-,53-;/m0./s1. The molecule has 4 aliphatic rings. The zero-order valence-corrected chi connectivity index (χ0v) is 67.5. The summed E-state index contributed by atoms with van der Waals surface area (Å²) >= 11 is 0. The van der Waals surface area contributed by atoms with Gasteiger partial charge in [0.25, 0.3) is 23.7 Å². The second-order valence-corrected chi connectivity index (χ2v) is 31.1. The van der Waals surface area contributed by atoms with Crippen LogP contribution in [0.5, 0.6) is 11.5 Å². The van der Waals surface area contributed by atoms with Gasteiger partial charge in [-0.3, -0.25) is 87.2 Å². The Bertz CT molecular complexity index is 4220. The first-order valence-electron chi connectivity index (χ1n) is 38.7. The minimum Gasteiger partial charge on any atom is -0.494 e. The molecule has 4 saturated heterocycles. The number of aromatic nitrogens is 2. The molecule has 8 rings (SSSR count). The number of ether oxygens (including phenoxy) is 4. The van der Waals surface area contributed by atoms with Crippen LogP contribution in [0.4, 0.5) is 30.7 Å². The van der Waals surface area contributed by atoms with E-state index in [0.29, 0.717) is 21.8 Å². The van der Waals surface area contributed by atoms with Gasteiger partial charge in [0.1, 0.15) is 34.8 Å². The lowest BCUT2D eigenvalue weighted by Gasteiger charge is -2.36. The average molecular weight is 1700 g/mol. The number of carboxylic acids is 3. The molecular formula is C78H101F7N16O19. The first-order chi connectivity index (χ1) is 56.4. The van der Waals surface area contributed by atoms with Crippen LogP contribution in [0.1, 0.15) is 101 Å². The summed E-state index contributed by atoms with van der Waals surface area (Å²) in [6.45, 7) is 7.00. The second-order valence-electron chi connectivity index (χ2n) is 31.1. The number of hydrogen-bond acceptors (Lipinski definition) is 25. The molecule has 2 atom stereocenters. The predicted octanol–water partition coefficient (Wildman–Crippen LogP) is 3.29. The van der Waals surface area contributed by atoms with Crippen molar-refractivity contribution in [2.24, 2.45) is 0 Å². The van der Waals surface area contributed by atoms with Gasteiger partial charge in [-0.05, 0) is 103 Å². The first kappa shape index (κ1) is 95.9. The van der Waals surface area contributed by atoms with E-state index in [4.69, 9.17) is 28.8 Å². The molecule has 0 bridgehead atoms. The third-order valence-corrected chi connectivity index (χ3v) is 19.3. The van der Waals surface area contributed by atoms with E-state index in [9.17, 15) is 99.4 Å². The number of carbonyl (C=O) groups excluding carboxylic acids is 9. The third kappa shape index (κ3) is 31.5. The Hall–Kier alpha value is -11.2. The van der Waals surface area contributed by atoms with Crippen LogP contribution in [-0.2, 0) is 57.4 Å². The number of likely N-dealkylation sites (tertiary alicyclic amines) is 2. The maximum Gasteiger partial charge on any atom is 0.490 e. The molecule has 4 aliphatic heterocycles. The topological polar surface area (TPSA) is 432 Å². The van der Waals surface area contributed by atoms with Gasteiger partial charge in [-0.25, -0.2) is 22.4 Å². The third-order valence-electron chi connectivity index (χ3n) is 19.3. The van der Waals surface area contributed by atoms with E-state index < -0.39 is 146 Å². The summed E-state index contributed by atoms with van der Waals surface area (Å²) < 4.78 is 112. The van der Waals surface area contributed by atoms with Gasteiger partial charge in [-0.1, -0.05) is 0 Å². The fourth-order valence-corrected chi connectivity index (χ4v) is 13.4. The number of pyridine rings is 2. The van der Waals surface area contributed by atoms with Crippen molar-refractivity contribution >= 4 is 93.0 Å². The van der Waals surface area contributed by atoms with Crippen molar-refractivity contribution in [2.45, 2.75) is 121 Å². The van der Waals surface area contributed by atoms with Gasteiger partial charge in [-0.2, -0.15) is 23.7 Å². The molecule has 4 aromatic rings. The van der Waals surface area contributed by atoms with Crippen molar-refractivity contribution < 1.29 is 123 Å². The molecule has 0 spiro atoms. The lowest BCUT2D eigenvalue weighted by Crippen LogP contribution is -2.53. The summed E-state index contributed by atoms with van der Waals surface area (Å²) in [5.74, 6) is -16.3. The van der Waals surface area contributed by atoms with E-state index in [0.717, 1.165) is 9.80 Å². The fraction of sp³-hybridized carbons (Fsp3) is 0.590. The first-order valence-corrected chi connectivity index (χ1v) is 38.7. The molecule has 42 heteroatoms. The summed E-state index contributed by atoms with van der Waals surface area (Å²) in [4.78, 5) is 181. The number of amides is 7. The highest BCUT2D eigenvalue weighted by molar-refractivity contribution is 6.08. The molecule has 2 aromatic carbocycles. The number of rotatable bonds is 26. The number of nitrogens with zero attached hydrogens (tertiary/aromatic N) is 14. The molecule has 0 unspecified atom stereocenters. The number of esters is 2. The number of nitrogens with one attached hydrogen (secondary N) is 2. The monoisotopic (exact) mass is 1700 g/mol. The number of carboxylic acid groups (broad SMARTS) is 3. The van der Waals surface area contributed by atoms with Crippen LogP contribution in [0.3, 0.4) is 0 Å². The molecular weight excluding hydrogens is 1600 g/mol. The van der Waals surface area contributed by atoms with Crippen molar-refractivity contribution in [3.63, 3.8) is 0 Å². The molecule has 120 heavy (non-hydrogen) atoms. The Kier molecular flexibility index (Phi) is 34.9. The van der Waals surface area contributed by atoms with E-state index >= 15 is 4.79 Å². The molecule has 0 radical (unpaired) electrons. The van der Waals surface area contributed by atoms with Crippen LogP contribution >= 0.6 is 0 Å². The highest BCUT2D eigenvalue weighted by atomic mass is 19.4. The number of halogens is 7. The summed E-state index contributed by atoms with van der Waals surface area (Å²) in [5, 5.41) is 51.3. The molecule has 2 aromatic heterocycles. The van der Waals surface area contributed by atoms with Crippen molar-refractivity contribution in [3.05, 3.63) is 72.1 Å². The lowest BCUT2D eigenvalue weighted by molar-refractivity contribution is -0.192. The van der Waals surface area contributed by atoms with E-state index in [1.165, 1.54) is 24.5 Å². The van der Waals surface area contributed by atoms with Gasteiger partial charge in [0.2, 0.25) is 29.5 Å². The van der Waals surface area contributed by atoms with E-state index in [-0.39, 0.29) is 204 Å². The highest BCUT2D eigenvalue weighted by Gasteiger charge is 2.49. The van der Waals surface area contributed by atoms with Gasteiger partial charge in [0.15, 0.2) is 0 Å². The number of carbonyl (C=O) groups is 12. The van der Waals surface area contributed by atoms with Crippen LogP contribution in [0.15, 0.2) is 60.9 Å². The van der Waals surface area contributed by atoms with Crippen molar-refractivity contribution in [3.8, 4) is 23.6 Å². The summed E-state index contributed by atoms with van der Waals surface area (Å²) in [7, 11) is 0. The quantitative estimate of drug-likeness (QED) is 0.0342. The Morgan fingerprint density at radius 2 is 0.783 bits per heavy atom. The number of aliphatic carboxylic acids is 3. The largest absolute Gasteiger partial charge is 0.494 e. The van der Waals surface area contributed by atoms with Crippen LogP contribution in [0.25, 0.3) is 21.8 Å². The second kappa shape index (κ2) is 43.7. The van der Waals surface area contributed by atoms with E-state index in [1.807, 2.05) is 4.90 Å². The van der Waals surface area contributed by atoms with Crippen LogP contribution in [0.2, 0.25) is 0 Å². The lowest BCUT2D eigenvalue weighted by atomic mass is 10.1. The van der Waals surface area contributed by atoms with Crippen molar-refractivity contribution in [2.75, 3.05) is 177 Å². The van der Waals surface area contributed by atoms with Crippen molar-refractivity contribution in [1.82, 2.24) is 69.6 Å². The van der Waals surface area contributed by atoms with Gasteiger partial charge < -0.3 is 69.4 Å².